The molecule has 0 unspecified atom stereocenters. The lowest BCUT2D eigenvalue weighted by molar-refractivity contribution is -0.150. The molecule has 1 aliphatic heterocycles. The van der Waals surface area contributed by atoms with E-state index < -0.39 is 40.5 Å². The molecule has 1 N–H and O–H groups in total. The van der Waals surface area contributed by atoms with Crippen LogP contribution in [0.3, 0.4) is 0 Å². The minimum absolute atomic E-state index is 0.107. The number of ether oxygens (including phenoxy) is 2. The van der Waals surface area contributed by atoms with Gasteiger partial charge in [0.15, 0.2) is 6.61 Å². The van der Waals surface area contributed by atoms with Crippen LogP contribution in [-0.2, 0) is 29.1 Å². The van der Waals surface area contributed by atoms with E-state index in [0.717, 1.165) is 21.2 Å². The number of carbonyl (C=O) groups is 3. The van der Waals surface area contributed by atoms with E-state index in [1.54, 1.807) is 32.0 Å². The maximum Gasteiger partial charge on any atom is 0.348 e. The van der Waals surface area contributed by atoms with E-state index in [2.05, 4.69) is 5.32 Å². The second kappa shape index (κ2) is 10.4. The van der Waals surface area contributed by atoms with Crippen molar-refractivity contribution in [2.24, 2.45) is 0 Å². The van der Waals surface area contributed by atoms with Gasteiger partial charge in [-0.25, -0.2) is 13.2 Å². The molecule has 0 aliphatic carbocycles. The molecule has 0 radical (unpaired) electrons. The number of nitrogens with zero attached hydrogens (tertiary/aromatic N) is 1. The van der Waals surface area contributed by atoms with Crippen LogP contribution in [0.1, 0.15) is 40.6 Å². The van der Waals surface area contributed by atoms with Crippen molar-refractivity contribution >= 4 is 44.2 Å². The van der Waals surface area contributed by atoms with Crippen molar-refractivity contribution in [1.82, 2.24) is 4.31 Å². The van der Waals surface area contributed by atoms with Crippen molar-refractivity contribution in [3.8, 4) is 0 Å². The van der Waals surface area contributed by atoms with Crippen LogP contribution in [0.5, 0.6) is 0 Å². The number of amides is 1. The first kappa shape index (κ1) is 24.9. The average Bonchev–Trinajstić information content (AvgIpc) is 3.40. The molecule has 1 aromatic heterocycles. The third kappa shape index (κ3) is 5.79. The van der Waals surface area contributed by atoms with Gasteiger partial charge in [0.1, 0.15) is 10.9 Å². The van der Waals surface area contributed by atoms with Gasteiger partial charge in [-0.3, -0.25) is 9.59 Å². The minimum atomic E-state index is -3.86. The SMILES string of the molecule is CCOC(=O)c1sc(NC(=O)COC(=O)[C@@H]2CCCN2S(=O)(=O)c2ccc(C)cc2)cc1C. The van der Waals surface area contributed by atoms with Crippen molar-refractivity contribution in [1.29, 1.82) is 0 Å². The first-order chi connectivity index (χ1) is 15.6. The molecule has 178 valence electrons. The van der Waals surface area contributed by atoms with Gasteiger partial charge in [-0.1, -0.05) is 17.7 Å². The molecule has 1 saturated heterocycles. The van der Waals surface area contributed by atoms with E-state index in [0.29, 0.717) is 28.3 Å². The molecular weight excluding hydrogens is 468 g/mol. The first-order valence-electron chi connectivity index (χ1n) is 10.5. The van der Waals surface area contributed by atoms with E-state index in [4.69, 9.17) is 9.47 Å². The van der Waals surface area contributed by atoms with Gasteiger partial charge in [0.2, 0.25) is 10.0 Å². The number of rotatable bonds is 8. The van der Waals surface area contributed by atoms with Gasteiger partial charge in [0.25, 0.3) is 5.91 Å². The van der Waals surface area contributed by atoms with E-state index in [1.165, 1.54) is 12.1 Å². The fourth-order valence-electron chi connectivity index (χ4n) is 3.46. The van der Waals surface area contributed by atoms with Gasteiger partial charge < -0.3 is 14.8 Å². The van der Waals surface area contributed by atoms with E-state index >= 15 is 0 Å². The third-order valence-electron chi connectivity index (χ3n) is 5.09. The third-order valence-corrected chi connectivity index (χ3v) is 8.15. The quantitative estimate of drug-likeness (QED) is 0.561. The van der Waals surface area contributed by atoms with E-state index in [1.807, 2.05) is 6.92 Å². The number of hydrogen-bond acceptors (Lipinski definition) is 8. The van der Waals surface area contributed by atoms with Crippen LogP contribution >= 0.6 is 11.3 Å². The zero-order valence-corrected chi connectivity index (χ0v) is 20.3. The smallest absolute Gasteiger partial charge is 0.348 e. The number of aryl methyl sites for hydroxylation is 2. The number of sulfonamides is 1. The summed E-state index contributed by atoms with van der Waals surface area (Å²) in [6.07, 6.45) is 0.834. The Hall–Kier alpha value is -2.76. The molecule has 33 heavy (non-hydrogen) atoms. The molecule has 2 heterocycles. The number of hydrogen-bond donors (Lipinski definition) is 1. The highest BCUT2D eigenvalue weighted by molar-refractivity contribution is 7.89. The largest absolute Gasteiger partial charge is 0.462 e. The lowest BCUT2D eigenvalue weighted by atomic mass is 10.2. The molecule has 1 fully saturated rings. The summed E-state index contributed by atoms with van der Waals surface area (Å²) < 4.78 is 37.2. The molecule has 1 amide bonds. The van der Waals surface area contributed by atoms with Crippen molar-refractivity contribution in [3.05, 3.63) is 46.3 Å². The second-order valence-electron chi connectivity index (χ2n) is 7.59. The Balaban J connectivity index is 1.60. The molecule has 9 nitrogen and oxygen atoms in total. The van der Waals surface area contributed by atoms with E-state index in [-0.39, 0.29) is 18.0 Å². The van der Waals surface area contributed by atoms with Gasteiger partial charge in [-0.05, 0) is 57.4 Å². The number of benzene rings is 1. The molecule has 0 spiro atoms. The standard InChI is InChI=1S/C22H26N2O7S2/c1-4-30-22(27)20-15(3)12-19(32-20)23-18(25)13-31-21(26)17-6-5-11-24(17)33(28,29)16-9-7-14(2)8-10-16/h7-10,12,17H,4-6,11,13H2,1-3H3,(H,23,25)/t17-/m0/s1. The van der Waals surface area contributed by atoms with Gasteiger partial charge in [-0.15, -0.1) is 11.3 Å². The summed E-state index contributed by atoms with van der Waals surface area (Å²) in [6.45, 7) is 5.15. The topological polar surface area (TPSA) is 119 Å². The van der Waals surface area contributed by atoms with Crippen molar-refractivity contribution in [2.75, 3.05) is 25.1 Å². The van der Waals surface area contributed by atoms with Crippen molar-refractivity contribution in [3.63, 3.8) is 0 Å². The number of anilines is 1. The fraction of sp³-hybridized carbons (Fsp3) is 0.409. The normalized spacial score (nSPS) is 16.4. The highest BCUT2D eigenvalue weighted by atomic mass is 32.2. The van der Waals surface area contributed by atoms with Crippen LogP contribution in [0.2, 0.25) is 0 Å². The highest BCUT2D eigenvalue weighted by Crippen LogP contribution is 2.28. The summed E-state index contributed by atoms with van der Waals surface area (Å²) in [5.74, 6) is -1.83. The number of carbonyl (C=O) groups excluding carboxylic acids is 3. The Morgan fingerprint density at radius 3 is 2.52 bits per heavy atom. The lowest BCUT2D eigenvalue weighted by Gasteiger charge is -2.22. The second-order valence-corrected chi connectivity index (χ2v) is 10.5. The predicted molar refractivity (Wildman–Crippen MR) is 123 cm³/mol. The molecule has 1 aliphatic rings. The molecule has 0 bridgehead atoms. The Bertz CT molecular complexity index is 1140. The number of esters is 2. The highest BCUT2D eigenvalue weighted by Gasteiger charge is 2.40. The van der Waals surface area contributed by atoms with Crippen LogP contribution in [0.15, 0.2) is 35.2 Å². The molecule has 3 rings (SSSR count). The summed E-state index contributed by atoms with van der Waals surface area (Å²) in [5, 5.41) is 3.00. The van der Waals surface area contributed by atoms with Gasteiger partial charge in [0.05, 0.1) is 16.5 Å². The lowest BCUT2D eigenvalue weighted by Crippen LogP contribution is -2.42. The van der Waals surface area contributed by atoms with Crippen molar-refractivity contribution < 1.29 is 32.3 Å². The minimum Gasteiger partial charge on any atom is -0.462 e. The molecule has 0 saturated carbocycles. The zero-order chi connectivity index (χ0) is 24.2. The van der Waals surface area contributed by atoms with Crippen LogP contribution in [0.4, 0.5) is 5.00 Å². The van der Waals surface area contributed by atoms with Gasteiger partial charge in [-0.2, -0.15) is 4.31 Å². The zero-order valence-electron chi connectivity index (χ0n) is 18.6. The molecule has 2 aromatic rings. The monoisotopic (exact) mass is 494 g/mol. The number of nitrogens with one attached hydrogen (secondary N) is 1. The maximum absolute atomic E-state index is 13.0. The fourth-order valence-corrected chi connectivity index (χ4v) is 6.09. The van der Waals surface area contributed by atoms with Crippen LogP contribution in [0.25, 0.3) is 0 Å². The summed E-state index contributed by atoms with van der Waals surface area (Å²) >= 11 is 1.06. The Kier molecular flexibility index (Phi) is 7.88. The van der Waals surface area contributed by atoms with Gasteiger partial charge in [0, 0.05) is 6.54 Å². The summed E-state index contributed by atoms with van der Waals surface area (Å²) in [6, 6.07) is 7.05. The Morgan fingerprint density at radius 2 is 1.85 bits per heavy atom. The van der Waals surface area contributed by atoms with E-state index in [9.17, 15) is 22.8 Å². The van der Waals surface area contributed by atoms with Crippen LogP contribution in [-0.4, -0.2) is 56.4 Å². The van der Waals surface area contributed by atoms with Crippen LogP contribution in [0, 0.1) is 13.8 Å². The number of thiophene rings is 1. The Morgan fingerprint density at radius 1 is 1.15 bits per heavy atom. The summed E-state index contributed by atoms with van der Waals surface area (Å²) in [5.41, 5.74) is 1.58. The van der Waals surface area contributed by atoms with Gasteiger partial charge >= 0.3 is 11.9 Å². The summed E-state index contributed by atoms with van der Waals surface area (Å²) in [7, 11) is -3.86. The molecule has 1 atom stereocenters. The average molecular weight is 495 g/mol. The van der Waals surface area contributed by atoms with Crippen molar-refractivity contribution in [2.45, 2.75) is 44.6 Å². The molecule has 11 heteroatoms. The molecular formula is C22H26N2O7S2. The molecule has 1 aromatic carbocycles. The predicted octanol–water partition coefficient (Wildman–Crippen LogP) is 2.88. The van der Waals surface area contributed by atoms with Crippen LogP contribution < -0.4 is 5.32 Å². The first-order valence-corrected chi connectivity index (χ1v) is 12.7. The summed E-state index contributed by atoms with van der Waals surface area (Å²) in [4.78, 5) is 37.2. The Labute approximate surface area is 196 Å². The maximum atomic E-state index is 13.0.